The predicted octanol–water partition coefficient (Wildman–Crippen LogP) is 0.755. The average Bonchev–Trinajstić information content (AvgIpc) is 2.98. The van der Waals surface area contributed by atoms with Gasteiger partial charge in [-0.05, 0) is 51.5 Å². The van der Waals surface area contributed by atoms with Gasteiger partial charge in [-0.15, -0.1) is 0 Å². The molecule has 8 N–H and O–H groups in total. The van der Waals surface area contributed by atoms with Gasteiger partial charge in [0.25, 0.3) is 0 Å². The third-order valence-electron chi connectivity index (χ3n) is 7.79. The van der Waals surface area contributed by atoms with E-state index in [1.165, 1.54) is 31.2 Å². The number of ether oxygens (including phenoxy) is 4. The third-order valence-corrected chi connectivity index (χ3v) is 7.79. The van der Waals surface area contributed by atoms with Crippen molar-refractivity contribution in [2.24, 2.45) is 0 Å². The van der Waals surface area contributed by atoms with Gasteiger partial charge < -0.3 is 64.2 Å². The van der Waals surface area contributed by atoms with Gasteiger partial charge in [0.15, 0.2) is 18.2 Å². The Labute approximate surface area is 256 Å². The molecule has 3 heterocycles. The van der Waals surface area contributed by atoms with E-state index in [1.54, 1.807) is 6.08 Å². The highest BCUT2D eigenvalue weighted by molar-refractivity contribution is 5.91. The van der Waals surface area contributed by atoms with Crippen LogP contribution in [0.25, 0.3) is 22.3 Å². The van der Waals surface area contributed by atoms with Crippen molar-refractivity contribution in [3.05, 3.63) is 57.8 Å². The van der Waals surface area contributed by atoms with Crippen molar-refractivity contribution in [3.8, 4) is 34.3 Å². The van der Waals surface area contributed by atoms with E-state index in [-0.39, 0.29) is 45.8 Å². The lowest BCUT2D eigenvalue weighted by Crippen LogP contribution is -2.62. The Morgan fingerprint density at radius 3 is 2.29 bits per heavy atom. The molecule has 244 valence electrons. The number of rotatable bonds is 7. The second-order valence-corrected chi connectivity index (χ2v) is 11.4. The van der Waals surface area contributed by atoms with Crippen molar-refractivity contribution in [1.82, 2.24) is 0 Å². The molecule has 2 aromatic carbocycles. The predicted molar refractivity (Wildman–Crippen MR) is 156 cm³/mol. The number of hydrogen-bond donors (Lipinski definition) is 8. The molecule has 3 aromatic rings. The highest BCUT2D eigenvalue weighted by Crippen LogP contribution is 2.40. The first-order valence-corrected chi connectivity index (χ1v) is 14.2. The third kappa shape index (κ3) is 6.36. The molecule has 5 rings (SSSR count). The zero-order chi connectivity index (χ0) is 32.7. The maximum absolute atomic E-state index is 14.1. The Kier molecular flexibility index (Phi) is 9.39. The Balaban J connectivity index is 1.65. The molecule has 14 nitrogen and oxygen atoms in total. The van der Waals surface area contributed by atoms with Crippen LogP contribution in [0.3, 0.4) is 0 Å². The summed E-state index contributed by atoms with van der Waals surface area (Å²) in [6.45, 7) is 4.70. The average molecular weight is 633 g/mol. The molecule has 0 saturated carbocycles. The summed E-state index contributed by atoms with van der Waals surface area (Å²) in [6.07, 6.45) is -12.1. The van der Waals surface area contributed by atoms with E-state index < -0.39 is 78.8 Å². The van der Waals surface area contributed by atoms with Gasteiger partial charge in [0.05, 0.1) is 12.7 Å². The van der Waals surface area contributed by atoms with Crippen molar-refractivity contribution in [2.75, 3.05) is 6.61 Å². The van der Waals surface area contributed by atoms with Crippen LogP contribution in [0.1, 0.15) is 26.3 Å². The van der Waals surface area contributed by atoms with Crippen molar-refractivity contribution >= 4 is 11.0 Å². The zero-order valence-corrected chi connectivity index (χ0v) is 24.6. The number of aromatic hydroxyl groups is 3. The van der Waals surface area contributed by atoms with Crippen LogP contribution in [0.2, 0.25) is 0 Å². The second-order valence-electron chi connectivity index (χ2n) is 11.4. The van der Waals surface area contributed by atoms with Gasteiger partial charge >= 0.3 is 0 Å². The molecule has 2 aliphatic heterocycles. The van der Waals surface area contributed by atoms with Crippen LogP contribution in [0.5, 0.6) is 23.0 Å². The van der Waals surface area contributed by atoms with Crippen molar-refractivity contribution in [3.63, 3.8) is 0 Å². The number of allylic oxidation sites excluding steroid dienone is 2. The van der Waals surface area contributed by atoms with Gasteiger partial charge in [-0.25, -0.2) is 0 Å². The van der Waals surface area contributed by atoms with Crippen molar-refractivity contribution in [2.45, 2.75) is 82.5 Å². The summed E-state index contributed by atoms with van der Waals surface area (Å²) in [5.41, 5.74) is 0.347. The molecule has 2 saturated heterocycles. The minimum absolute atomic E-state index is 0.0859. The number of aliphatic hydroxyl groups is 5. The molecule has 2 aliphatic rings. The fourth-order valence-corrected chi connectivity index (χ4v) is 5.19. The molecule has 0 bridgehead atoms. The molecule has 0 radical (unpaired) electrons. The summed E-state index contributed by atoms with van der Waals surface area (Å²) >= 11 is 0. The van der Waals surface area contributed by atoms with Crippen molar-refractivity contribution in [1.29, 1.82) is 0 Å². The number of hydrogen-bond acceptors (Lipinski definition) is 14. The van der Waals surface area contributed by atoms with E-state index in [1.807, 2.05) is 13.8 Å². The van der Waals surface area contributed by atoms with Gasteiger partial charge in [-0.2, -0.15) is 0 Å². The highest BCUT2D eigenvalue weighted by atomic mass is 16.8. The minimum atomic E-state index is -1.76. The SMILES string of the molecule is CC(C)=CCc1c(O)cc(O)c2c(=O)c(OC3O[C@@H](C)[C@H](O)[C@@H](O)[C@H]3OC3OC[C@@H](O)[C@H](O)[C@H]3O)c(-c3ccc(O)cc3)oc12. The van der Waals surface area contributed by atoms with Gasteiger partial charge in [-0.1, -0.05) is 11.6 Å². The minimum Gasteiger partial charge on any atom is -0.508 e. The molecule has 0 spiro atoms. The zero-order valence-electron chi connectivity index (χ0n) is 24.6. The summed E-state index contributed by atoms with van der Waals surface area (Å²) in [4.78, 5) is 14.1. The molecule has 2 fully saturated rings. The first-order chi connectivity index (χ1) is 21.3. The summed E-state index contributed by atoms with van der Waals surface area (Å²) in [5.74, 6) is -1.72. The number of phenolic OH excluding ortho intramolecular Hbond substituents is 3. The van der Waals surface area contributed by atoms with E-state index in [4.69, 9.17) is 23.4 Å². The van der Waals surface area contributed by atoms with E-state index in [0.717, 1.165) is 11.6 Å². The van der Waals surface area contributed by atoms with E-state index in [2.05, 4.69) is 0 Å². The van der Waals surface area contributed by atoms with Gasteiger partial charge in [-0.3, -0.25) is 4.79 Å². The fraction of sp³-hybridized carbons (Fsp3) is 0.452. The van der Waals surface area contributed by atoms with Gasteiger partial charge in [0.2, 0.25) is 17.5 Å². The maximum atomic E-state index is 14.1. The second kappa shape index (κ2) is 12.9. The lowest BCUT2D eigenvalue weighted by molar-refractivity contribution is -0.341. The van der Waals surface area contributed by atoms with E-state index in [9.17, 15) is 45.6 Å². The fourth-order valence-electron chi connectivity index (χ4n) is 5.19. The molecule has 2 unspecified atom stereocenters. The summed E-state index contributed by atoms with van der Waals surface area (Å²) in [7, 11) is 0. The first-order valence-electron chi connectivity index (χ1n) is 14.2. The highest BCUT2D eigenvalue weighted by Gasteiger charge is 2.49. The molecule has 1 aromatic heterocycles. The van der Waals surface area contributed by atoms with E-state index >= 15 is 0 Å². The van der Waals surface area contributed by atoms with E-state index in [0.29, 0.717) is 0 Å². The largest absolute Gasteiger partial charge is 0.508 e. The van der Waals surface area contributed by atoms with Gasteiger partial charge in [0, 0.05) is 17.2 Å². The Morgan fingerprint density at radius 2 is 1.62 bits per heavy atom. The number of benzene rings is 2. The standard InChI is InChI=1S/C31H36O14/c1-12(2)4-9-16-17(33)10-18(34)20-23(38)28(26(43-27(16)20)14-5-7-15(32)8-6-14)44-31-29(24(39)21(36)13(3)42-31)45-30-25(40)22(37)19(35)11-41-30/h4-8,10,13,19,21-22,24-25,29-37,39-40H,9,11H2,1-3H3/t13-,19+,21-,22-,24+,25+,29+,30?,31?/m0/s1. The topological polar surface area (TPSA) is 229 Å². The Bertz CT molecular complexity index is 1610. The first kappa shape index (κ1) is 32.7. The molecule has 0 aliphatic carbocycles. The number of aliphatic hydroxyl groups excluding tert-OH is 5. The number of phenols is 3. The van der Waals surface area contributed by atoms with Crippen LogP contribution in [-0.4, -0.2) is 103 Å². The van der Waals surface area contributed by atoms with Crippen LogP contribution in [0.4, 0.5) is 0 Å². The number of fused-ring (bicyclic) bond motifs is 1. The summed E-state index contributed by atoms with van der Waals surface area (Å²) in [6, 6.07) is 6.53. The van der Waals surface area contributed by atoms with Crippen LogP contribution < -0.4 is 10.2 Å². The molecular formula is C31H36O14. The van der Waals surface area contributed by atoms with Gasteiger partial charge in [0.1, 0.15) is 58.7 Å². The molecular weight excluding hydrogens is 596 g/mol. The molecule has 0 amide bonds. The van der Waals surface area contributed by atoms with Crippen LogP contribution in [0.15, 0.2) is 51.2 Å². The summed E-state index contributed by atoms with van der Waals surface area (Å²) in [5, 5.41) is 82.9. The Hall–Kier alpha value is -3.73. The lowest BCUT2D eigenvalue weighted by Gasteiger charge is -2.44. The normalized spacial score (nSPS) is 30.3. The quantitative estimate of drug-likeness (QED) is 0.168. The van der Waals surface area contributed by atoms with Crippen molar-refractivity contribution < 1.29 is 64.2 Å². The van der Waals surface area contributed by atoms with Crippen LogP contribution >= 0.6 is 0 Å². The smallest absolute Gasteiger partial charge is 0.239 e. The summed E-state index contributed by atoms with van der Waals surface area (Å²) < 4.78 is 29.0. The van der Waals surface area contributed by atoms with Crippen LogP contribution in [0, 0.1) is 0 Å². The Morgan fingerprint density at radius 1 is 0.933 bits per heavy atom. The lowest BCUT2D eigenvalue weighted by atomic mass is 9.99. The molecule has 9 atom stereocenters. The monoisotopic (exact) mass is 632 g/mol. The molecule has 45 heavy (non-hydrogen) atoms. The van der Waals surface area contributed by atoms with Crippen LogP contribution in [-0.2, 0) is 20.6 Å². The maximum Gasteiger partial charge on any atom is 0.239 e. The molecule has 14 heteroatoms.